The maximum Gasteiger partial charge on any atom is 0.255 e. The van der Waals surface area contributed by atoms with Crippen LogP contribution in [-0.4, -0.2) is 38.9 Å². The molecule has 0 saturated carbocycles. The van der Waals surface area contributed by atoms with Gasteiger partial charge in [0.15, 0.2) is 17.1 Å². The van der Waals surface area contributed by atoms with Crippen molar-refractivity contribution in [3.8, 4) is 22.1 Å². The first-order valence-electron chi connectivity index (χ1n) is 10.3. The number of pyridine rings is 1. The number of nitrogens with zero attached hydrogens (tertiary/aromatic N) is 4. The van der Waals surface area contributed by atoms with E-state index in [2.05, 4.69) is 5.10 Å². The molecule has 0 aliphatic carbocycles. The molecule has 31 heavy (non-hydrogen) atoms. The van der Waals surface area contributed by atoms with Gasteiger partial charge in [-0.15, -0.1) is 11.3 Å². The van der Waals surface area contributed by atoms with E-state index in [1.807, 2.05) is 65.2 Å². The van der Waals surface area contributed by atoms with E-state index in [4.69, 9.17) is 14.5 Å². The molecule has 0 unspecified atom stereocenters. The highest BCUT2D eigenvalue weighted by atomic mass is 32.1. The van der Waals surface area contributed by atoms with Gasteiger partial charge in [-0.25, -0.2) is 9.67 Å². The molecule has 3 aromatic heterocycles. The van der Waals surface area contributed by atoms with Crippen LogP contribution in [0.5, 0.6) is 11.5 Å². The van der Waals surface area contributed by atoms with E-state index in [1.165, 1.54) is 0 Å². The van der Waals surface area contributed by atoms with Crippen molar-refractivity contribution in [1.82, 2.24) is 19.7 Å². The molecule has 4 aromatic rings. The Labute approximate surface area is 183 Å². The Hall–Kier alpha value is -3.39. The van der Waals surface area contributed by atoms with Gasteiger partial charge < -0.3 is 14.4 Å². The van der Waals surface area contributed by atoms with Gasteiger partial charge >= 0.3 is 0 Å². The molecule has 0 atom stereocenters. The first kappa shape index (κ1) is 19.6. The minimum Gasteiger partial charge on any atom is -0.454 e. The fraction of sp³-hybridized carbons (Fsp3) is 0.261. The van der Waals surface area contributed by atoms with Gasteiger partial charge in [-0.2, -0.15) is 5.10 Å². The summed E-state index contributed by atoms with van der Waals surface area (Å²) in [6.07, 6.45) is 1.74. The van der Waals surface area contributed by atoms with Gasteiger partial charge in [0.2, 0.25) is 6.79 Å². The first-order chi connectivity index (χ1) is 15.2. The molecule has 0 bridgehead atoms. The highest BCUT2D eigenvalue weighted by Crippen LogP contribution is 2.33. The SMILES string of the molecule is CCN(Cc1ccc2c(c1)OCO2)C(=O)c1cc(-c2cccs2)nc2c1cnn2CC. The number of amides is 1. The number of hydrogen-bond acceptors (Lipinski definition) is 6. The van der Waals surface area contributed by atoms with Crippen LogP contribution in [0.2, 0.25) is 0 Å². The highest BCUT2D eigenvalue weighted by Gasteiger charge is 2.22. The zero-order valence-corrected chi connectivity index (χ0v) is 18.2. The van der Waals surface area contributed by atoms with Crippen LogP contribution in [0.3, 0.4) is 0 Å². The molecule has 0 radical (unpaired) electrons. The molecule has 0 spiro atoms. The molecular weight excluding hydrogens is 412 g/mol. The van der Waals surface area contributed by atoms with Crippen LogP contribution in [0, 0.1) is 0 Å². The molecule has 1 aliphatic rings. The van der Waals surface area contributed by atoms with E-state index in [1.54, 1.807) is 17.5 Å². The molecule has 7 nitrogen and oxygen atoms in total. The Bertz CT molecular complexity index is 1250. The van der Waals surface area contributed by atoms with Crippen LogP contribution in [0.4, 0.5) is 0 Å². The third-order valence-electron chi connectivity index (χ3n) is 5.39. The van der Waals surface area contributed by atoms with Crippen molar-refractivity contribution in [2.45, 2.75) is 26.9 Å². The summed E-state index contributed by atoms with van der Waals surface area (Å²) in [5.74, 6) is 1.42. The summed E-state index contributed by atoms with van der Waals surface area (Å²) in [4.78, 5) is 21.3. The number of thiophene rings is 1. The van der Waals surface area contributed by atoms with Gasteiger partial charge in [-0.1, -0.05) is 12.1 Å². The lowest BCUT2D eigenvalue weighted by molar-refractivity contribution is 0.0754. The smallest absolute Gasteiger partial charge is 0.255 e. The minimum absolute atomic E-state index is 0.0407. The summed E-state index contributed by atoms with van der Waals surface area (Å²) in [6.45, 7) is 5.98. The summed E-state index contributed by atoms with van der Waals surface area (Å²) >= 11 is 1.61. The number of hydrogen-bond donors (Lipinski definition) is 0. The van der Waals surface area contributed by atoms with Crippen LogP contribution >= 0.6 is 11.3 Å². The molecule has 1 aromatic carbocycles. The van der Waals surface area contributed by atoms with Gasteiger partial charge in [-0.3, -0.25) is 4.79 Å². The van der Waals surface area contributed by atoms with Gasteiger partial charge in [0.05, 0.1) is 27.7 Å². The standard InChI is InChI=1S/C23H22N4O3S/c1-3-26(13-15-7-8-19-20(10-15)30-14-29-19)23(28)16-11-18(21-6-5-9-31-21)25-22-17(16)12-24-27(22)4-2/h5-12H,3-4,13-14H2,1-2H3. The number of rotatable bonds is 6. The molecule has 0 N–H and O–H groups in total. The topological polar surface area (TPSA) is 69.5 Å². The van der Waals surface area contributed by atoms with Crippen molar-refractivity contribution in [2.24, 2.45) is 0 Å². The largest absolute Gasteiger partial charge is 0.454 e. The molecule has 8 heteroatoms. The Morgan fingerprint density at radius 1 is 1.19 bits per heavy atom. The maximum absolute atomic E-state index is 13.7. The van der Waals surface area contributed by atoms with Crippen LogP contribution in [-0.2, 0) is 13.1 Å². The van der Waals surface area contributed by atoms with Crippen molar-refractivity contribution in [3.63, 3.8) is 0 Å². The first-order valence-corrected chi connectivity index (χ1v) is 11.1. The number of ether oxygens (including phenoxy) is 2. The van der Waals surface area contributed by atoms with Gasteiger partial charge in [0.25, 0.3) is 5.91 Å². The Morgan fingerprint density at radius 2 is 2.06 bits per heavy atom. The molecule has 5 rings (SSSR count). The monoisotopic (exact) mass is 434 g/mol. The molecule has 0 fully saturated rings. The van der Waals surface area contributed by atoms with Crippen LogP contribution in [0.15, 0.2) is 48.0 Å². The van der Waals surface area contributed by atoms with Crippen molar-refractivity contribution in [3.05, 3.63) is 59.1 Å². The number of carbonyl (C=O) groups is 1. The van der Waals surface area contributed by atoms with E-state index >= 15 is 0 Å². The molecular formula is C23H22N4O3S. The van der Waals surface area contributed by atoms with Crippen LogP contribution in [0.25, 0.3) is 21.6 Å². The summed E-state index contributed by atoms with van der Waals surface area (Å²) < 4.78 is 12.7. The number of benzene rings is 1. The van der Waals surface area contributed by atoms with E-state index in [0.717, 1.165) is 38.7 Å². The zero-order valence-electron chi connectivity index (χ0n) is 17.4. The summed E-state index contributed by atoms with van der Waals surface area (Å²) in [5.41, 5.74) is 3.14. The lowest BCUT2D eigenvalue weighted by atomic mass is 10.1. The Kier molecular flexibility index (Phi) is 5.07. The Morgan fingerprint density at radius 3 is 2.84 bits per heavy atom. The summed E-state index contributed by atoms with van der Waals surface area (Å²) in [7, 11) is 0. The van der Waals surface area contributed by atoms with Crippen molar-refractivity contribution in [2.75, 3.05) is 13.3 Å². The average molecular weight is 435 g/mol. The molecule has 1 aliphatic heterocycles. The fourth-order valence-corrected chi connectivity index (χ4v) is 4.45. The predicted octanol–water partition coefficient (Wildman–Crippen LogP) is 4.57. The van der Waals surface area contributed by atoms with Crippen molar-refractivity contribution >= 4 is 28.3 Å². The fourth-order valence-electron chi connectivity index (χ4n) is 3.76. The number of carbonyl (C=O) groups excluding carboxylic acids is 1. The summed E-state index contributed by atoms with van der Waals surface area (Å²) in [5, 5.41) is 7.23. The Balaban J connectivity index is 1.53. The van der Waals surface area contributed by atoms with Crippen LogP contribution < -0.4 is 9.47 Å². The van der Waals surface area contributed by atoms with Crippen molar-refractivity contribution < 1.29 is 14.3 Å². The number of fused-ring (bicyclic) bond motifs is 2. The van der Waals surface area contributed by atoms with E-state index in [-0.39, 0.29) is 12.7 Å². The second-order valence-corrected chi connectivity index (χ2v) is 8.18. The highest BCUT2D eigenvalue weighted by molar-refractivity contribution is 7.13. The molecule has 4 heterocycles. The number of aryl methyl sites for hydroxylation is 1. The average Bonchev–Trinajstić information content (AvgIpc) is 3.56. The van der Waals surface area contributed by atoms with Crippen molar-refractivity contribution in [1.29, 1.82) is 0 Å². The van der Waals surface area contributed by atoms with E-state index in [0.29, 0.717) is 25.2 Å². The normalized spacial score (nSPS) is 12.5. The second-order valence-electron chi connectivity index (χ2n) is 7.24. The quantitative estimate of drug-likeness (QED) is 0.445. The number of aromatic nitrogens is 3. The predicted molar refractivity (Wildman–Crippen MR) is 119 cm³/mol. The van der Waals surface area contributed by atoms with Gasteiger partial charge in [-0.05, 0) is 49.1 Å². The molecule has 0 saturated heterocycles. The van der Waals surface area contributed by atoms with Crippen LogP contribution in [0.1, 0.15) is 29.8 Å². The van der Waals surface area contributed by atoms with Gasteiger partial charge in [0.1, 0.15) is 0 Å². The maximum atomic E-state index is 13.7. The third kappa shape index (κ3) is 3.53. The van der Waals surface area contributed by atoms with E-state index in [9.17, 15) is 4.79 Å². The lowest BCUT2D eigenvalue weighted by Crippen LogP contribution is -2.30. The zero-order chi connectivity index (χ0) is 21.4. The molecule has 1 amide bonds. The minimum atomic E-state index is -0.0407. The second kappa shape index (κ2) is 8.03. The molecule has 158 valence electrons. The summed E-state index contributed by atoms with van der Waals surface area (Å²) in [6, 6.07) is 11.7. The third-order valence-corrected chi connectivity index (χ3v) is 6.28. The van der Waals surface area contributed by atoms with E-state index < -0.39 is 0 Å². The van der Waals surface area contributed by atoms with Gasteiger partial charge in [0, 0.05) is 19.6 Å². The lowest BCUT2D eigenvalue weighted by Gasteiger charge is -2.22.